The summed E-state index contributed by atoms with van der Waals surface area (Å²) in [6.07, 6.45) is 1.90. The van der Waals surface area contributed by atoms with Crippen LogP contribution in [0.3, 0.4) is 0 Å². The van der Waals surface area contributed by atoms with Gasteiger partial charge in [-0.25, -0.2) is 9.37 Å². The number of thiazole rings is 1. The van der Waals surface area contributed by atoms with Gasteiger partial charge in [0.2, 0.25) is 0 Å². The molecule has 0 saturated heterocycles. The first-order valence-corrected chi connectivity index (χ1v) is 6.98. The molecule has 0 aliphatic carbocycles. The second kappa shape index (κ2) is 6.61. The monoisotopic (exact) mass is 264 g/mol. The van der Waals surface area contributed by atoms with Crippen molar-refractivity contribution in [3.63, 3.8) is 0 Å². The van der Waals surface area contributed by atoms with Crippen LogP contribution in [0.25, 0.3) is 0 Å². The Morgan fingerprint density at radius 1 is 1.17 bits per heavy atom. The third kappa shape index (κ3) is 4.20. The van der Waals surface area contributed by atoms with Gasteiger partial charge in [-0.2, -0.15) is 0 Å². The molecule has 2 rings (SSSR count). The van der Waals surface area contributed by atoms with Gasteiger partial charge in [0.25, 0.3) is 0 Å². The first-order valence-electron chi connectivity index (χ1n) is 6.10. The van der Waals surface area contributed by atoms with Crippen molar-refractivity contribution in [2.75, 3.05) is 13.1 Å². The van der Waals surface area contributed by atoms with Gasteiger partial charge in [-0.3, -0.25) is 0 Å². The van der Waals surface area contributed by atoms with Gasteiger partial charge in [0, 0.05) is 24.0 Å². The second-order valence-electron chi connectivity index (χ2n) is 4.26. The smallest absolute Gasteiger partial charge is 0.123 e. The van der Waals surface area contributed by atoms with Crippen LogP contribution in [0.5, 0.6) is 0 Å². The molecule has 0 aliphatic rings. The zero-order chi connectivity index (χ0) is 12.8. The number of hydrogen-bond donors (Lipinski definition) is 1. The van der Waals surface area contributed by atoms with Crippen molar-refractivity contribution in [2.24, 2.45) is 0 Å². The zero-order valence-electron chi connectivity index (χ0n) is 10.4. The maximum Gasteiger partial charge on any atom is 0.123 e. The van der Waals surface area contributed by atoms with Crippen LogP contribution in [0.4, 0.5) is 4.39 Å². The first-order chi connectivity index (χ1) is 8.74. The van der Waals surface area contributed by atoms with Crippen molar-refractivity contribution in [1.82, 2.24) is 10.3 Å². The average Bonchev–Trinajstić information content (AvgIpc) is 2.77. The fourth-order valence-electron chi connectivity index (χ4n) is 1.72. The molecule has 1 aromatic carbocycles. The molecule has 2 aromatic rings. The molecule has 0 unspecified atom stereocenters. The Kier molecular flexibility index (Phi) is 4.84. The van der Waals surface area contributed by atoms with Crippen molar-refractivity contribution in [3.8, 4) is 0 Å². The number of benzene rings is 1. The number of hydrogen-bond acceptors (Lipinski definition) is 3. The minimum absolute atomic E-state index is 0.175. The molecule has 0 bridgehead atoms. The highest BCUT2D eigenvalue weighted by atomic mass is 32.1. The predicted molar refractivity (Wildman–Crippen MR) is 73.5 cm³/mol. The standard InChI is InChI=1S/C14H17FN2S/c1-11-10-18-14(17-11)7-9-16-8-6-12-2-4-13(15)5-3-12/h2-5,10,16H,6-9H2,1H3. The molecular weight excluding hydrogens is 247 g/mol. The molecule has 0 amide bonds. The van der Waals surface area contributed by atoms with Gasteiger partial charge in [-0.1, -0.05) is 12.1 Å². The summed E-state index contributed by atoms with van der Waals surface area (Å²) in [4.78, 5) is 4.41. The fraction of sp³-hybridized carbons (Fsp3) is 0.357. The first kappa shape index (κ1) is 13.2. The van der Waals surface area contributed by atoms with Crippen molar-refractivity contribution >= 4 is 11.3 Å². The van der Waals surface area contributed by atoms with Gasteiger partial charge in [-0.05, 0) is 37.6 Å². The number of halogens is 1. The number of nitrogens with zero attached hydrogens (tertiary/aromatic N) is 1. The van der Waals surface area contributed by atoms with E-state index >= 15 is 0 Å². The third-order valence-corrected chi connectivity index (χ3v) is 3.71. The summed E-state index contributed by atoms with van der Waals surface area (Å²) < 4.78 is 12.7. The largest absolute Gasteiger partial charge is 0.316 e. The SMILES string of the molecule is Cc1csc(CCNCCc2ccc(F)cc2)n1. The summed E-state index contributed by atoms with van der Waals surface area (Å²) in [7, 11) is 0. The Labute approximate surface area is 111 Å². The summed E-state index contributed by atoms with van der Waals surface area (Å²) in [5.41, 5.74) is 2.26. The molecule has 96 valence electrons. The van der Waals surface area contributed by atoms with Gasteiger partial charge in [0.15, 0.2) is 0 Å². The molecule has 18 heavy (non-hydrogen) atoms. The molecule has 0 saturated carbocycles. The normalized spacial score (nSPS) is 10.8. The third-order valence-electron chi connectivity index (χ3n) is 2.69. The Morgan fingerprint density at radius 2 is 1.89 bits per heavy atom. The van der Waals surface area contributed by atoms with Crippen molar-refractivity contribution in [2.45, 2.75) is 19.8 Å². The number of aryl methyl sites for hydroxylation is 1. The maximum absolute atomic E-state index is 12.7. The van der Waals surface area contributed by atoms with E-state index in [0.717, 1.165) is 37.2 Å². The molecule has 0 atom stereocenters. The Bertz CT molecular complexity index is 479. The van der Waals surface area contributed by atoms with Crippen molar-refractivity contribution < 1.29 is 4.39 Å². The lowest BCUT2D eigenvalue weighted by molar-refractivity contribution is 0.626. The molecule has 1 N–H and O–H groups in total. The Hall–Kier alpha value is -1.26. The second-order valence-corrected chi connectivity index (χ2v) is 5.20. The minimum atomic E-state index is -0.175. The predicted octanol–water partition coefficient (Wildman–Crippen LogP) is 2.97. The molecule has 0 spiro atoms. The summed E-state index contributed by atoms with van der Waals surface area (Å²) in [5.74, 6) is -0.175. The highest BCUT2D eigenvalue weighted by molar-refractivity contribution is 7.09. The van der Waals surface area contributed by atoms with E-state index in [4.69, 9.17) is 0 Å². The molecule has 0 fully saturated rings. The van der Waals surface area contributed by atoms with E-state index in [9.17, 15) is 4.39 Å². The van der Waals surface area contributed by atoms with E-state index < -0.39 is 0 Å². The van der Waals surface area contributed by atoms with E-state index in [0.29, 0.717) is 0 Å². The summed E-state index contributed by atoms with van der Waals surface area (Å²) in [5, 5.41) is 6.64. The maximum atomic E-state index is 12.7. The Morgan fingerprint density at radius 3 is 2.56 bits per heavy atom. The van der Waals surface area contributed by atoms with Gasteiger partial charge >= 0.3 is 0 Å². The van der Waals surface area contributed by atoms with Crippen LogP contribution in [-0.4, -0.2) is 18.1 Å². The lowest BCUT2D eigenvalue weighted by Gasteiger charge is -2.03. The molecule has 0 aliphatic heterocycles. The summed E-state index contributed by atoms with van der Waals surface area (Å²) in [6, 6.07) is 6.68. The van der Waals surface area contributed by atoms with Crippen LogP contribution >= 0.6 is 11.3 Å². The minimum Gasteiger partial charge on any atom is -0.316 e. The van der Waals surface area contributed by atoms with Gasteiger partial charge in [0.05, 0.1) is 5.01 Å². The topological polar surface area (TPSA) is 24.9 Å². The quantitative estimate of drug-likeness (QED) is 0.811. The molecule has 4 heteroatoms. The van der Waals surface area contributed by atoms with E-state index in [1.165, 1.54) is 17.1 Å². The van der Waals surface area contributed by atoms with Gasteiger partial charge < -0.3 is 5.32 Å². The summed E-state index contributed by atoms with van der Waals surface area (Å²) >= 11 is 1.71. The zero-order valence-corrected chi connectivity index (χ0v) is 11.3. The fourth-order valence-corrected chi connectivity index (χ4v) is 2.50. The number of rotatable bonds is 6. The van der Waals surface area contributed by atoms with Crippen molar-refractivity contribution in [1.29, 1.82) is 0 Å². The molecule has 1 heterocycles. The number of nitrogens with one attached hydrogen (secondary N) is 1. The summed E-state index contributed by atoms with van der Waals surface area (Å²) in [6.45, 7) is 3.87. The van der Waals surface area contributed by atoms with E-state index in [2.05, 4.69) is 15.7 Å². The van der Waals surface area contributed by atoms with Crippen LogP contribution in [0, 0.1) is 12.7 Å². The van der Waals surface area contributed by atoms with Crippen LogP contribution in [0.1, 0.15) is 16.3 Å². The van der Waals surface area contributed by atoms with Crippen molar-refractivity contribution in [3.05, 3.63) is 51.7 Å². The molecule has 2 nitrogen and oxygen atoms in total. The lowest BCUT2D eigenvalue weighted by atomic mass is 10.1. The average molecular weight is 264 g/mol. The van der Waals surface area contributed by atoms with Crippen LogP contribution in [0.2, 0.25) is 0 Å². The van der Waals surface area contributed by atoms with E-state index in [1.54, 1.807) is 11.3 Å². The van der Waals surface area contributed by atoms with Crippen LogP contribution in [-0.2, 0) is 12.8 Å². The Balaban J connectivity index is 1.63. The van der Waals surface area contributed by atoms with Crippen LogP contribution < -0.4 is 5.32 Å². The molecular formula is C14H17FN2S. The van der Waals surface area contributed by atoms with Crippen LogP contribution in [0.15, 0.2) is 29.6 Å². The highest BCUT2D eigenvalue weighted by Crippen LogP contribution is 2.08. The van der Waals surface area contributed by atoms with E-state index in [1.807, 2.05) is 19.1 Å². The van der Waals surface area contributed by atoms with Gasteiger partial charge in [-0.15, -0.1) is 11.3 Å². The lowest BCUT2D eigenvalue weighted by Crippen LogP contribution is -2.20. The van der Waals surface area contributed by atoms with E-state index in [-0.39, 0.29) is 5.82 Å². The number of aromatic nitrogens is 1. The molecule has 1 aromatic heterocycles. The molecule has 0 radical (unpaired) electrons. The van der Waals surface area contributed by atoms with Gasteiger partial charge in [0.1, 0.15) is 5.82 Å². The highest BCUT2D eigenvalue weighted by Gasteiger charge is 1.98.